The van der Waals surface area contributed by atoms with E-state index in [1.165, 1.54) is 0 Å². The summed E-state index contributed by atoms with van der Waals surface area (Å²) in [4.78, 5) is 10.1. The van der Waals surface area contributed by atoms with Gasteiger partial charge in [0, 0.05) is 6.54 Å². The molecule has 1 heterocycles. The normalized spacial score (nSPS) is 10.7. The van der Waals surface area contributed by atoms with Gasteiger partial charge in [0.2, 0.25) is 0 Å². The molecule has 1 aromatic carbocycles. The molecule has 0 aliphatic rings. The van der Waals surface area contributed by atoms with Crippen LogP contribution in [0.2, 0.25) is 0 Å². The maximum absolute atomic E-state index is 13.2. The molecule has 6 nitrogen and oxygen atoms in total. The van der Waals surface area contributed by atoms with Gasteiger partial charge in [-0.2, -0.15) is 0 Å². The molecule has 0 aliphatic carbocycles. The molecular formula is C10H8F2N4O2S. The number of nitro benzene ring substituents is 1. The van der Waals surface area contributed by atoms with Crippen LogP contribution in [0.15, 0.2) is 12.1 Å². The first-order valence-corrected chi connectivity index (χ1v) is 5.95. The fourth-order valence-electron chi connectivity index (χ4n) is 1.44. The minimum absolute atomic E-state index is 0.0799. The minimum Gasteiger partial charge on any atom is -0.313 e. The number of aromatic nitrogens is 2. The van der Waals surface area contributed by atoms with Crippen LogP contribution in [0.25, 0.3) is 10.6 Å². The van der Waals surface area contributed by atoms with Gasteiger partial charge in [-0.05, 0) is 13.1 Å². The van der Waals surface area contributed by atoms with Gasteiger partial charge in [0.1, 0.15) is 5.01 Å². The highest BCUT2D eigenvalue weighted by Crippen LogP contribution is 2.33. The van der Waals surface area contributed by atoms with E-state index in [1.807, 2.05) is 0 Å². The monoisotopic (exact) mass is 286 g/mol. The molecule has 0 spiro atoms. The van der Waals surface area contributed by atoms with Crippen LogP contribution < -0.4 is 5.32 Å². The molecule has 0 saturated heterocycles. The van der Waals surface area contributed by atoms with E-state index < -0.39 is 22.2 Å². The van der Waals surface area contributed by atoms with Crippen molar-refractivity contribution in [1.82, 2.24) is 15.5 Å². The first kappa shape index (κ1) is 13.4. The summed E-state index contributed by atoms with van der Waals surface area (Å²) in [6.07, 6.45) is 0. The molecule has 0 atom stereocenters. The van der Waals surface area contributed by atoms with Crippen LogP contribution in [0.5, 0.6) is 0 Å². The second-order valence-electron chi connectivity index (χ2n) is 3.57. The van der Waals surface area contributed by atoms with Gasteiger partial charge in [-0.3, -0.25) is 10.1 Å². The van der Waals surface area contributed by atoms with Crippen molar-refractivity contribution < 1.29 is 13.7 Å². The van der Waals surface area contributed by atoms with E-state index in [1.54, 1.807) is 7.05 Å². The van der Waals surface area contributed by atoms with Crippen molar-refractivity contribution in [3.63, 3.8) is 0 Å². The number of benzene rings is 1. The second kappa shape index (κ2) is 5.33. The van der Waals surface area contributed by atoms with Gasteiger partial charge in [0.05, 0.1) is 16.6 Å². The van der Waals surface area contributed by atoms with Crippen molar-refractivity contribution in [2.75, 3.05) is 7.05 Å². The molecule has 0 bridgehead atoms. The topological polar surface area (TPSA) is 81.0 Å². The molecule has 0 aliphatic heterocycles. The molecule has 100 valence electrons. The van der Waals surface area contributed by atoms with E-state index in [9.17, 15) is 18.9 Å². The van der Waals surface area contributed by atoms with Crippen molar-refractivity contribution in [2.45, 2.75) is 6.54 Å². The van der Waals surface area contributed by atoms with E-state index in [0.29, 0.717) is 17.6 Å². The zero-order valence-corrected chi connectivity index (χ0v) is 10.5. The summed E-state index contributed by atoms with van der Waals surface area (Å²) in [6, 6.07) is 1.31. The van der Waals surface area contributed by atoms with Crippen molar-refractivity contribution in [3.05, 3.63) is 38.9 Å². The average Bonchev–Trinajstić information content (AvgIpc) is 2.81. The van der Waals surface area contributed by atoms with Gasteiger partial charge < -0.3 is 5.32 Å². The smallest absolute Gasteiger partial charge is 0.282 e. The average molecular weight is 286 g/mol. The fourth-order valence-corrected chi connectivity index (χ4v) is 2.32. The molecule has 19 heavy (non-hydrogen) atoms. The van der Waals surface area contributed by atoms with Gasteiger partial charge in [0.25, 0.3) is 5.69 Å². The third-order valence-electron chi connectivity index (χ3n) is 2.26. The van der Waals surface area contributed by atoms with Crippen molar-refractivity contribution in [3.8, 4) is 10.6 Å². The summed E-state index contributed by atoms with van der Waals surface area (Å²) < 4.78 is 26.2. The Bertz CT molecular complexity index is 632. The third-order valence-corrected chi connectivity index (χ3v) is 3.22. The molecule has 0 amide bonds. The molecule has 0 radical (unpaired) electrons. The van der Waals surface area contributed by atoms with Gasteiger partial charge in [-0.15, -0.1) is 10.2 Å². The third kappa shape index (κ3) is 2.71. The van der Waals surface area contributed by atoms with Crippen LogP contribution in [0.1, 0.15) is 5.01 Å². The Kier molecular flexibility index (Phi) is 3.76. The largest absolute Gasteiger partial charge is 0.313 e. The van der Waals surface area contributed by atoms with E-state index in [2.05, 4.69) is 15.5 Å². The Balaban J connectivity index is 2.53. The number of hydrogen-bond acceptors (Lipinski definition) is 6. The van der Waals surface area contributed by atoms with Gasteiger partial charge in [-0.1, -0.05) is 11.3 Å². The summed E-state index contributed by atoms with van der Waals surface area (Å²) >= 11 is 1.08. The molecule has 1 aromatic heterocycles. The SMILES string of the molecule is CNCc1nnc(-c2cc(F)c(F)cc2[N+](=O)[O-])s1. The Morgan fingerprint density at radius 3 is 2.68 bits per heavy atom. The molecule has 0 saturated carbocycles. The van der Waals surface area contributed by atoms with Gasteiger partial charge in [-0.25, -0.2) is 8.78 Å². The fraction of sp³-hybridized carbons (Fsp3) is 0.200. The Morgan fingerprint density at radius 1 is 1.37 bits per heavy atom. The Morgan fingerprint density at radius 2 is 2.05 bits per heavy atom. The zero-order valence-electron chi connectivity index (χ0n) is 9.68. The molecule has 2 rings (SSSR count). The van der Waals surface area contributed by atoms with Gasteiger partial charge >= 0.3 is 0 Å². The van der Waals surface area contributed by atoms with E-state index in [4.69, 9.17) is 0 Å². The number of rotatable bonds is 4. The molecule has 0 fully saturated rings. The highest BCUT2D eigenvalue weighted by atomic mass is 32.1. The standard InChI is InChI=1S/C10H8F2N4O2S/c1-13-4-9-14-15-10(19-9)5-2-6(11)7(12)3-8(5)16(17)18/h2-3,13H,4H2,1H3. The maximum Gasteiger partial charge on any atom is 0.282 e. The van der Waals surface area contributed by atoms with E-state index >= 15 is 0 Å². The molecular weight excluding hydrogens is 278 g/mol. The predicted molar refractivity (Wildman–Crippen MR) is 64.7 cm³/mol. The Labute approximate surface area is 110 Å². The molecule has 0 unspecified atom stereocenters. The van der Waals surface area contributed by atoms with Crippen LogP contribution in [0.3, 0.4) is 0 Å². The summed E-state index contributed by atoms with van der Waals surface area (Å²) in [5.41, 5.74) is -0.616. The van der Waals surface area contributed by atoms with Crippen LogP contribution >= 0.6 is 11.3 Å². The van der Waals surface area contributed by atoms with E-state index in [0.717, 1.165) is 17.4 Å². The first-order valence-electron chi connectivity index (χ1n) is 5.13. The number of hydrogen-bond donors (Lipinski definition) is 1. The van der Waals surface area contributed by atoms with Crippen molar-refractivity contribution in [1.29, 1.82) is 0 Å². The van der Waals surface area contributed by atoms with Gasteiger partial charge in [0.15, 0.2) is 16.6 Å². The van der Waals surface area contributed by atoms with E-state index in [-0.39, 0.29) is 10.6 Å². The highest BCUT2D eigenvalue weighted by Gasteiger charge is 2.22. The quantitative estimate of drug-likeness (QED) is 0.687. The summed E-state index contributed by atoms with van der Waals surface area (Å²) in [5.74, 6) is -2.43. The lowest BCUT2D eigenvalue weighted by Gasteiger charge is -2.00. The minimum atomic E-state index is -1.27. The molecule has 9 heteroatoms. The number of nitrogens with one attached hydrogen (secondary N) is 1. The summed E-state index contributed by atoms with van der Waals surface area (Å²) in [7, 11) is 1.71. The lowest BCUT2D eigenvalue weighted by molar-refractivity contribution is -0.384. The van der Waals surface area contributed by atoms with Crippen LogP contribution in [-0.2, 0) is 6.54 Å². The van der Waals surface area contributed by atoms with Crippen LogP contribution in [0.4, 0.5) is 14.5 Å². The number of nitrogens with zero attached hydrogens (tertiary/aromatic N) is 3. The highest BCUT2D eigenvalue weighted by molar-refractivity contribution is 7.14. The Hall–Kier alpha value is -2.00. The zero-order chi connectivity index (χ0) is 14.0. The molecule has 2 aromatic rings. The summed E-state index contributed by atoms with van der Waals surface area (Å²) in [6.45, 7) is 0.440. The maximum atomic E-state index is 13.2. The first-order chi connectivity index (χ1) is 9.02. The number of halogens is 2. The lowest BCUT2D eigenvalue weighted by atomic mass is 10.2. The van der Waals surface area contributed by atoms with Crippen LogP contribution in [0, 0.1) is 21.7 Å². The predicted octanol–water partition coefficient (Wildman–Crippen LogP) is 2.11. The molecule has 1 N–H and O–H groups in total. The van der Waals surface area contributed by atoms with Crippen molar-refractivity contribution in [2.24, 2.45) is 0 Å². The second-order valence-corrected chi connectivity index (χ2v) is 4.63. The summed E-state index contributed by atoms with van der Waals surface area (Å²) in [5, 5.41) is 22.0. The van der Waals surface area contributed by atoms with Crippen molar-refractivity contribution >= 4 is 17.0 Å². The lowest BCUT2D eigenvalue weighted by Crippen LogP contribution is -2.04. The number of nitro groups is 1. The van der Waals surface area contributed by atoms with Crippen LogP contribution in [-0.4, -0.2) is 22.2 Å².